The van der Waals surface area contributed by atoms with Gasteiger partial charge in [0, 0.05) is 0 Å². The summed E-state index contributed by atoms with van der Waals surface area (Å²) in [5, 5.41) is 7.33. The molecule has 0 aliphatic heterocycles. The van der Waals surface area contributed by atoms with Gasteiger partial charge in [-0.3, -0.25) is 5.10 Å². The van der Waals surface area contributed by atoms with Crippen LogP contribution in [0.5, 0.6) is 0 Å². The lowest BCUT2D eigenvalue weighted by atomic mass is 10.0. The second-order valence-electron chi connectivity index (χ2n) is 2.29. The van der Waals surface area contributed by atoms with Gasteiger partial charge in [-0.1, -0.05) is 0 Å². The molecule has 0 fully saturated rings. The summed E-state index contributed by atoms with van der Waals surface area (Å²) >= 11 is 0. The molecule has 0 bridgehead atoms. The van der Waals surface area contributed by atoms with Crippen molar-refractivity contribution in [3.8, 4) is 0 Å². The van der Waals surface area contributed by atoms with E-state index in [-0.39, 0.29) is 0 Å². The molecule has 2 heterocycles. The van der Waals surface area contributed by atoms with Crippen molar-refractivity contribution in [1.82, 2.24) is 20.2 Å². The first-order chi connectivity index (χ1) is 5.29. The van der Waals surface area contributed by atoms with E-state index < -0.39 is 0 Å². The van der Waals surface area contributed by atoms with Gasteiger partial charge in [0.25, 0.3) is 0 Å². The van der Waals surface area contributed by atoms with Crippen molar-refractivity contribution in [2.45, 2.75) is 6.92 Å². The maximum atomic E-state index is 5.58. The lowest BCUT2D eigenvalue weighted by molar-refractivity contribution is 1.09. The minimum absolute atomic E-state index is 0.526. The van der Waals surface area contributed by atoms with E-state index in [4.69, 9.17) is 7.85 Å². The van der Waals surface area contributed by atoms with Crippen LogP contribution in [-0.4, -0.2) is 28.0 Å². The van der Waals surface area contributed by atoms with E-state index in [1.54, 1.807) is 0 Å². The molecule has 11 heavy (non-hydrogen) atoms. The molecule has 2 radical (unpaired) electrons. The Morgan fingerprint density at radius 3 is 3.00 bits per heavy atom. The van der Waals surface area contributed by atoms with Crippen molar-refractivity contribution in [1.29, 1.82) is 0 Å². The van der Waals surface area contributed by atoms with Crippen LogP contribution >= 0.6 is 0 Å². The number of fused-ring (bicyclic) bond motifs is 1. The highest BCUT2D eigenvalue weighted by Gasteiger charge is 2.03. The molecular weight excluding hydrogens is 139 g/mol. The standard InChI is InChI=1S/C6H5BN4/c1-3-4-5(7)10-11-6(4)9-2-8-3/h2H,1H3,(H,8,9,10,11). The Kier molecular flexibility index (Phi) is 1.18. The van der Waals surface area contributed by atoms with Gasteiger partial charge >= 0.3 is 0 Å². The van der Waals surface area contributed by atoms with Crippen LogP contribution in [0.1, 0.15) is 5.69 Å². The van der Waals surface area contributed by atoms with E-state index in [9.17, 15) is 0 Å². The summed E-state index contributed by atoms with van der Waals surface area (Å²) in [6.45, 7) is 1.87. The Balaban J connectivity index is 2.96. The van der Waals surface area contributed by atoms with Crippen molar-refractivity contribution >= 4 is 24.5 Å². The van der Waals surface area contributed by atoms with E-state index in [2.05, 4.69) is 20.2 Å². The highest BCUT2D eigenvalue weighted by molar-refractivity contribution is 6.37. The topological polar surface area (TPSA) is 54.5 Å². The van der Waals surface area contributed by atoms with E-state index in [0.29, 0.717) is 11.2 Å². The minimum atomic E-state index is 0.526. The summed E-state index contributed by atoms with van der Waals surface area (Å²) in [5.74, 6) is 0. The van der Waals surface area contributed by atoms with Gasteiger partial charge in [0.1, 0.15) is 14.2 Å². The highest BCUT2D eigenvalue weighted by atomic mass is 15.1. The second kappa shape index (κ2) is 2.05. The van der Waals surface area contributed by atoms with Gasteiger partial charge in [0.15, 0.2) is 5.65 Å². The summed E-state index contributed by atoms with van der Waals surface area (Å²) in [4.78, 5) is 7.92. The van der Waals surface area contributed by atoms with Crippen LogP contribution in [0.25, 0.3) is 11.0 Å². The van der Waals surface area contributed by atoms with E-state index >= 15 is 0 Å². The van der Waals surface area contributed by atoms with E-state index in [1.807, 2.05) is 6.92 Å². The first-order valence-corrected chi connectivity index (χ1v) is 3.20. The Morgan fingerprint density at radius 2 is 2.27 bits per heavy atom. The molecule has 0 unspecified atom stereocenters. The number of hydrogen-bond donors (Lipinski definition) is 1. The highest BCUT2D eigenvalue weighted by Crippen LogP contribution is 2.05. The Morgan fingerprint density at radius 1 is 1.45 bits per heavy atom. The molecule has 2 rings (SSSR count). The number of aryl methyl sites for hydroxylation is 1. The Bertz CT molecular complexity index is 394. The van der Waals surface area contributed by atoms with Crippen LogP contribution in [0.3, 0.4) is 0 Å². The second-order valence-corrected chi connectivity index (χ2v) is 2.29. The maximum absolute atomic E-state index is 5.58. The SMILES string of the molecule is [B]c1[nH]nc2ncnc(C)c12. The fraction of sp³-hybridized carbons (Fsp3) is 0.167. The van der Waals surface area contributed by atoms with Gasteiger partial charge < -0.3 is 0 Å². The number of nitrogens with one attached hydrogen (secondary N) is 1. The smallest absolute Gasteiger partial charge is 0.183 e. The summed E-state index contributed by atoms with van der Waals surface area (Å²) in [7, 11) is 5.58. The van der Waals surface area contributed by atoms with Crippen molar-refractivity contribution in [2.75, 3.05) is 0 Å². The van der Waals surface area contributed by atoms with Crippen LogP contribution in [-0.2, 0) is 0 Å². The first-order valence-electron chi connectivity index (χ1n) is 3.20. The zero-order chi connectivity index (χ0) is 7.84. The van der Waals surface area contributed by atoms with E-state index in [0.717, 1.165) is 11.1 Å². The maximum Gasteiger partial charge on any atom is 0.183 e. The zero-order valence-electron chi connectivity index (χ0n) is 6.00. The minimum Gasteiger partial charge on any atom is -0.290 e. The summed E-state index contributed by atoms with van der Waals surface area (Å²) < 4.78 is 0. The molecule has 2 aromatic heterocycles. The molecule has 2 aromatic rings. The van der Waals surface area contributed by atoms with Gasteiger partial charge in [-0.25, -0.2) is 9.97 Å². The van der Waals surface area contributed by atoms with Crippen molar-refractivity contribution < 1.29 is 0 Å². The van der Waals surface area contributed by atoms with E-state index in [1.165, 1.54) is 6.33 Å². The van der Waals surface area contributed by atoms with Crippen molar-refractivity contribution in [3.63, 3.8) is 0 Å². The monoisotopic (exact) mass is 144 g/mol. The summed E-state index contributed by atoms with van der Waals surface area (Å²) in [6.07, 6.45) is 1.47. The normalized spacial score (nSPS) is 10.6. The van der Waals surface area contributed by atoms with Gasteiger partial charge in [-0.15, -0.1) is 0 Å². The zero-order valence-corrected chi connectivity index (χ0v) is 6.00. The molecular formula is C6H5BN4. The van der Waals surface area contributed by atoms with Crippen molar-refractivity contribution in [3.05, 3.63) is 12.0 Å². The van der Waals surface area contributed by atoms with Gasteiger partial charge in [0.05, 0.1) is 11.1 Å². The molecule has 0 amide bonds. The average molecular weight is 144 g/mol. The fourth-order valence-electron chi connectivity index (χ4n) is 1.03. The van der Waals surface area contributed by atoms with Gasteiger partial charge in [0.2, 0.25) is 0 Å². The molecule has 1 N–H and O–H groups in total. The molecule has 0 saturated carbocycles. The predicted molar refractivity (Wildman–Crippen MR) is 41.8 cm³/mol. The van der Waals surface area contributed by atoms with Crippen LogP contribution in [0, 0.1) is 6.92 Å². The van der Waals surface area contributed by atoms with Crippen molar-refractivity contribution in [2.24, 2.45) is 0 Å². The molecule has 0 atom stereocenters. The third kappa shape index (κ3) is 0.807. The molecule has 4 nitrogen and oxygen atoms in total. The predicted octanol–water partition coefficient (Wildman–Crippen LogP) is -0.545. The third-order valence-corrected chi connectivity index (χ3v) is 1.57. The first kappa shape index (κ1) is 6.33. The Hall–Kier alpha value is -1.39. The number of hydrogen-bond acceptors (Lipinski definition) is 3. The molecule has 0 aliphatic rings. The Labute approximate surface area is 64.5 Å². The fourth-order valence-corrected chi connectivity index (χ4v) is 1.03. The molecule has 52 valence electrons. The summed E-state index contributed by atoms with van der Waals surface area (Å²) in [5.41, 5.74) is 1.99. The number of rotatable bonds is 0. The molecule has 0 aromatic carbocycles. The molecule has 5 heteroatoms. The quantitative estimate of drug-likeness (QED) is 0.505. The van der Waals surface area contributed by atoms with Crippen LogP contribution < -0.4 is 5.59 Å². The largest absolute Gasteiger partial charge is 0.290 e. The number of aromatic nitrogens is 4. The van der Waals surface area contributed by atoms with Crippen LogP contribution in [0.15, 0.2) is 6.33 Å². The third-order valence-electron chi connectivity index (χ3n) is 1.57. The lowest BCUT2D eigenvalue weighted by Crippen LogP contribution is -2.05. The molecule has 0 spiro atoms. The summed E-state index contributed by atoms with van der Waals surface area (Å²) in [6, 6.07) is 0. The number of aromatic amines is 1. The van der Waals surface area contributed by atoms with Crippen LogP contribution in [0.2, 0.25) is 0 Å². The number of H-pyrrole nitrogens is 1. The van der Waals surface area contributed by atoms with Gasteiger partial charge in [-0.2, -0.15) is 5.10 Å². The van der Waals surface area contributed by atoms with Gasteiger partial charge in [-0.05, 0) is 12.5 Å². The molecule has 0 saturated heterocycles. The molecule has 0 aliphatic carbocycles. The number of nitrogens with zero attached hydrogens (tertiary/aromatic N) is 3. The lowest BCUT2D eigenvalue weighted by Gasteiger charge is -1.91. The van der Waals surface area contributed by atoms with Crippen LogP contribution in [0.4, 0.5) is 0 Å². The average Bonchev–Trinajstić information content (AvgIpc) is 2.34.